The maximum absolute atomic E-state index is 13.4. The van der Waals surface area contributed by atoms with E-state index in [1.165, 1.54) is 5.56 Å². The number of amides is 1. The molecule has 0 unspecified atom stereocenters. The average Bonchev–Trinajstić information content (AvgIpc) is 3.60. The van der Waals surface area contributed by atoms with E-state index in [0.717, 1.165) is 77.2 Å². The summed E-state index contributed by atoms with van der Waals surface area (Å²) < 4.78 is 5.41. The molecular formula is C33H44N6O3. The minimum absolute atomic E-state index is 0.0660. The lowest BCUT2D eigenvalue weighted by Gasteiger charge is -2.17. The van der Waals surface area contributed by atoms with Gasteiger partial charge in [-0.05, 0) is 54.7 Å². The van der Waals surface area contributed by atoms with Gasteiger partial charge in [-0.3, -0.25) is 20.0 Å². The number of ketones is 1. The molecular weight excluding hydrogens is 528 g/mol. The molecule has 0 bridgehead atoms. The van der Waals surface area contributed by atoms with E-state index >= 15 is 0 Å². The highest BCUT2D eigenvalue weighted by molar-refractivity contribution is 5.91. The topological polar surface area (TPSA) is 115 Å². The number of hydrogen-bond donors (Lipinski definition) is 4. The van der Waals surface area contributed by atoms with E-state index < -0.39 is 0 Å². The summed E-state index contributed by atoms with van der Waals surface area (Å²) in [6.45, 7) is 4.65. The van der Waals surface area contributed by atoms with Gasteiger partial charge in [0.25, 0.3) is 0 Å². The minimum Gasteiger partial charge on any atom is -0.497 e. The van der Waals surface area contributed by atoms with Gasteiger partial charge >= 0.3 is 0 Å². The van der Waals surface area contributed by atoms with Gasteiger partial charge in [0.1, 0.15) is 17.4 Å². The van der Waals surface area contributed by atoms with Crippen molar-refractivity contribution in [2.75, 3.05) is 21.2 Å². The first-order valence-corrected chi connectivity index (χ1v) is 14.8. The number of benzene rings is 2. The first-order valence-electron chi connectivity index (χ1n) is 14.8. The first-order chi connectivity index (χ1) is 20.3. The van der Waals surface area contributed by atoms with E-state index in [9.17, 15) is 9.59 Å². The molecule has 4 N–H and O–H groups in total. The third kappa shape index (κ3) is 8.30. The number of Topliss-reactive ketones (excluding diaryl/α,β-unsaturated/α-hetero) is 1. The number of hydrazine groups is 1. The van der Waals surface area contributed by atoms with Gasteiger partial charge in [0.15, 0.2) is 0 Å². The molecule has 1 atom stereocenters. The molecule has 224 valence electrons. The number of fused-ring (bicyclic) bond motifs is 1. The molecule has 0 spiro atoms. The summed E-state index contributed by atoms with van der Waals surface area (Å²) in [6, 6.07) is 13.9. The fraction of sp³-hybridized carbons (Fsp3) is 0.424. The molecule has 0 aliphatic heterocycles. The normalized spacial score (nSPS) is 12.1. The van der Waals surface area contributed by atoms with Crippen molar-refractivity contribution >= 4 is 22.6 Å². The van der Waals surface area contributed by atoms with E-state index in [0.29, 0.717) is 18.6 Å². The number of ether oxygens (including phenoxy) is 1. The van der Waals surface area contributed by atoms with Crippen LogP contribution in [0.25, 0.3) is 22.2 Å². The van der Waals surface area contributed by atoms with Crippen molar-refractivity contribution in [1.29, 1.82) is 0 Å². The van der Waals surface area contributed by atoms with Gasteiger partial charge < -0.3 is 20.0 Å². The van der Waals surface area contributed by atoms with Gasteiger partial charge in [0, 0.05) is 50.1 Å². The number of unbranched alkanes of at least 4 members (excludes halogenated alkanes) is 2. The van der Waals surface area contributed by atoms with Gasteiger partial charge in [0.2, 0.25) is 5.91 Å². The number of aromatic nitrogens is 3. The van der Waals surface area contributed by atoms with Crippen LogP contribution in [0, 0.1) is 6.92 Å². The molecule has 0 aliphatic carbocycles. The summed E-state index contributed by atoms with van der Waals surface area (Å²) >= 11 is 0. The summed E-state index contributed by atoms with van der Waals surface area (Å²) in [6.07, 6.45) is 6.68. The Morgan fingerprint density at radius 1 is 1.05 bits per heavy atom. The SMILES string of the molecule is CCC(=O)CCCCC[C@H](NC(=O)Cc1c(C)[nH]c2ccc(OC)cc12)c1ncc(-c2ccc(CNN(C)C)cc2)[nH]1. The van der Waals surface area contributed by atoms with Crippen molar-refractivity contribution in [3.8, 4) is 17.0 Å². The van der Waals surface area contributed by atoms with E-state index in [4.69, 9.17) is 4.74 Å². The number of hydrogen-bond acceptors (Lipinski definition) is 6. The van der Waals surface area contributed by atoms with Gasteiger partial charge in [-0.25, -0.2) is 4.98 Å². The first kappa shape index (κ1) is 31.0. The fourth-order valence-electron chi connectivity index (χ4n) is 5.14. The van der Waals surface area contributed by atoms with Crippen LogP contribution in [0.15, 0.2) is 48.7 Å². The number of nitrogens with zero attached hydrogens (tertiary/aromatic N) is 2. The zero-order valence-corrected chi connectivity index (χ0v) is 25.5. The highest BCUT2D eigenvalue weighted by atomic mass is 16.5. The predicted octanol–water partition coefficient (Wildman–Crippen LogP) is 5.77. The summed E-state index contributed by atoms with van der Waals surface area (Å²) in [4.78, 5) is 36.7. The number of aromatic amines is 2. The van der Waals surface area contributed by atoms with Crippen LogP contribution in [-0.2, 0) is 22.6 Å². The number of carbonyl (C=O) groups excluding carboxylic acids is 2. The molecule has 0 saturated heterocycles. The van der Waals surface area contributed by atoms with E-state index in [1.807, 2.05) is 57.3 Å². The van der Waals surface area contributed by atoms with Crippen molar-refractivity contribution < 1.29 is 14.3 Å². The van der Waals surface area contributed by atoms with Crippen molar-refractivity contribution in [1.82, 2.24) is 30.7 Å². The molecule has 1 amide bonds. The van der Waals surface area contributed by atoms with Crippen molar-refractivity contribution in [3.05, 3.63) is 71.3 Å². The van der Waals surface area contributed by atoms with Gasteiger partial charge in [0.05, 0.1) is 31.5 Å². The number of rotatable bonds is 16. The number of imidazole rings is 1. The second-order valence-corrected chi connectivity index (χ2v) is 11.0. The number of nitrogens with one attached hydrogen (secondary N) is 4. The Kier molecular flexibility index (Phi) is 10.9. The molecule has 2 aromatic heterocycles. The van der Waals surface area contributed by atoms with E-state index in [2.05, 4.69) is 50.0 Å². The lowest BCUT2D eigenvalue weighted by molar-refractivity contribution is -0.121. The Labute approximate surface area is 248 Å². The largest absolute Gasteiger partial charge is 0.497 e. The van der Waals surface area contributed by atoms with E-state index in [1.54, 1.807) is 7.11 Å². The molecule has 0 saturated carbocycles. The molecule has 9 nitrogen and oxygen atoms in total. The van der Waals surface area contributed by atoms with Crippen LogP contribution in [0.5, 0.6) is 5.75 Å². The number of H-pyrrole nitrogens is 2. The Morgan fingerprint density at radius 3 is 2.55 bits per heavy atom. The molecule has 2 aromatic carbocycles. The zero-order chi connectivity index (χ0) is 30.1. The Balaban J connectivity index is 1.48. The van der Waals surface area contributed by atoms with Crippen LogP contribution >= 0.6 is 0 Å². The molecule has 0 aliphatic rings. The molecule has 0 fully saturated rings. The van der Waals surface area contributed by atoms with E-state index in [-0.39, 0.29) is 18.4 Å². The van der Waals surface area contributed by atoms with Crippen molar-refractivity contribution in [2.45, 2.75) is 71.4 Å². The highest BCUT2D eigenvalue weighted by Gasteiger charge is 2.20. The van der Waals surface area contributed by atoms with Crippen LogP contribution in [0.2, 0.25) is 0 Å². The Bertz CT molecular complexity index is 1470. The van der Waals surface area contributed by atoms with Gasteiger partial charge in [-0.1, -0.05) is 44.0 Å². The van der Waals surface area contributed by atoms with Crippen LogP contribution in [0.1, 0.15) is 74.1 Å². The smallest absolute Gasteiger partial charge is 0.225 e. The summed E-state index contributed by atoms with van der Waals surface area (Å²) in [5.41, 5.74) is 9.31. The number of aryl methyl sites for hydroxylation is 1. The predicted molar refractivity (Wildman–Crippen MR) is 167 cm³/mol. The van der Waals surface area contributed by atoms with Crippen LogP contribution < -0.4 is 15.5 Å². The zero-order valence-electron chi connectivity index (χ0n) is 25.5. The van der Waals surface area contributed by atoms with Crippen LogP contribution in [0.3, 0.4) is 0 Å². The maximum Gasteiger partial charge on any atom is 0.225 e. The minimum atomic E-state index is -0.267. The second-order valence-electron chi connectivity index (χ2n) is 11.0. The molecule has 4 rings (SSSR count). The summed E-state index contributed by atoms with van der Waals surface area (Å²) in [5, 5.41) is 6.17. The van der Waals surface area contributed by atoms with Gasteiger partial charge in [-0.15, -0.1) is 0 Å². The molecule has 42 heavy (non-hydrogen) atoms. The molecule has 4 aromatic rings. The third-order valence-electron chi connectivity index (χ3n) is 7.63. The van der Waals surface area contributed by atoms with Gasteiger partial charge in [-0.2, -0.15) is 0 Å². The molecule has 2 heterocycles. The Morgan fingerprint density at radius 2 is 1.83 bits per heavy atom. The quantitative estimate of drug-likeness (QED) is 0.100. The van der Waals surface area contributed by atoms with Crippen LogP contribution in [-0.4, -0.2) is 52.9 Å². The lowest BCUT2D eigenvalue weighted by atomic mass is 10.0. The molecule has 0 radical (unpaired) electrons. The van der Waals surface area contributed by atoms with Crippen molar-refractivity contribution in [2.24, 2.45) is 0 Å². The standard InChI is InChI=1S/C33H44N6O3/c1-6-25(40)10-8-7-9-11-30(33-34-21-31(38-33)24-14-12-23(13-15-24)20-35-39(3)4)37-32(41)19-27-22(2)36-29-17-16-26(42-5)18-28(27)29/h12-18,21,30,35-36H,6-11,19-20H2,1-5H3,(H,34,38)(H,37,41)/t30-/m0/s1. The maximum atomic E-state index is 13.4. The lowest BCUT2D eigenvalue weighted by Crippen LogP contribution is -2.30. The summed E-state index contributed by atoms with van der Waals surface area (Å²) in [5.74, 6) is 1.72. The number of carbonyl (C=O) groups is 2. The fourth-order valence-corrected chi connectivity index (χ4v) is 5.14. The van der Waals surface area contributed by atoms with Crippen molar-refractivity contribution in [3.63, 3.8) is 0 Å². The highest BCUT2D eigenvalue weighted by Crippen LogP contribution is 2.28. The average molecular weight is 573 g/mol. The number of methoxy groups -OCH3 is 1. The van der Waals surface area contributed by atoms with Crippen LogP contribution in [0.4, 0.5) is 0 Å². The second kappa shape index (κ2) is 14.8. The monoisotopic (exact) mass is 572 g/mol. The Hall–Kier alpha value is -3.95. The summed E-state index contributed by atoms with van der Waals surface area (Å²) in [7, 11) is 5.59. The third-order valence-corrected chi connectivity index (χ3v) is 7.63. The molecule has 9 heteroatoms.